The summed E-state index contributed by atoms with van der Waals surface area (Å²) < 4.78 is 13.6. The zero-order valence-electron chi connectivity index (χ0n) is 5.93. The number of hydrogen-bond acceptors (Lipinski definition) is 0. The van der Waals surface area contributed by atoms with E-state index in [4.69, 9.17) is 0 Å². The fourth-order valence-electron chi connectivity index (χ4n) is 1.22. The Morgan fingerprint density at radius 2 is 1.82 bits per heavy atom. The highest BCUT2D eigenvalue weighted by Gasteiger charge is 2.38. The third-order valence-electron chi connectivity index (χ3n) is 2.01. The molecule has 0 radical (unpaired) electrons. The van der Waals surface area contributed by atoms with Crippen LogP contribution in [0, 0.1) is 0 Å². The molecular formula is C9H8BrF. The molecule has 0 N–H and O–H groups in total. The van der Waals surface area contributed by atoms with Crippen molar-refractivity contribution in [3.8, 4) is 0 Å². The maximum absolute atomic E-state index is 12.6. The molecule has 0 aromatic heterocycles. The van der Waals surface area contributed by atoms with Gasteiger partial charge in [0.1, 0.15) is 6.17 Å². The molecule has 0 heterocycles. The summed E-state index contributed by atoms with van der Waals surface area (Å²) in [6.45, 7) is 0. The summed E-state index contributed by atoms with van der Waals surface area (Å²) in [6.07, 6.45) is 0.123. The molecule has 2 unspecified atom stereocenters. The summed E-state index contributed by atoms with van der Waals surface area (Å²) in [4.78, 5) is 0. The standard InChI is InChI=1S/C9H8BrF/c10-7-3-1-6(2-4-7)8-5-9(8)11/h1-4,8-9H,5H2. The first kappa shape index (κ1) is 7.29. The van der Waals surface area contributed by atoms with E-state index < -0.39 is 6.17 Å². The molecular weight excluding hydrogens is 207 g/mol. The molecule has 1 fully saturated rings. The van der Waals surface area contributed by atoms with Crippen molar-refractivity contribution >= 4 is 15.9 Å². The largest absolute Gasteiger partial charge is 0.247 e. The SMILES string of the molecule is FC1CC1c1ccc(Br)cc1. The Labute approximate surface area is 73.6 Å². The molecule has 0 spiro atoms. The first-order valence-corrected chi connectivity index (χ1v) is 4.46. The lowest BCUT2D eigenvalue weighted by atomic mass is 10.1. The normalized spacial score (nSPS) is 28.5. The van der Waals surface area contributed by atoms with Gasteiger partial charge in [-0.1, -0.05) is 28.1 Å². The predicted octanol–water partition coefficient (Wildman–Crippen LogP) is 3.27. The van der Waals surface area contributed by atoms with E-state index in [1.165, 1.54) is 0 Å². The molecule has 2 heteroatoms. The maximum Gasteiger partial charge on any atom is 0.108 e. The molecule has 0 nitrogen and oxygen atoms in total. The van der Waals surface area contributed by atoms with Crippen LogP contribution in [0.3, 0.4) is 0 Å². The highest BCUT2D eigenvalue weighted by Crippen LogP contribution is 2.43. The van der Waals surface area contributed by atoms with E-state index in [9.17, 15) is 4.39 Å². The van der Waals surface area contributed by atoms with Crippen LogP contribution in [0.15, 0.2) is 28.7 Å². The molecule has 1 saturated carbocycles. The zero-order chi connectivity index (χ0) is 7.84. The van der Waals surface area contributed by atoms with Crippen LogP contribution in [0.2, 0.25) is 0 Å². The summed E-state index contributed by atoms with van der Waals surface area (Å²) in [6, 6.07) is 7.88. The van der Waals surface area contributed by atoms with Crippen LogP contribution in [0.25, 0.3) is 0 Å². The maximum atomic E-state index is 12.6. The second-order valence-electron chi connectivity index (χ2n) is 2.91. The van der Waals surface area contributed by atoms with E-state index in [-0.39, 0.29) is 5.92 Å². The Morgan fingerprint density at radius 1 is 1.27 bits per heavy atom. The number of rotatable bonds is 1. The minimum atomic E-state index is -0.587. The Morgan fingerprint density at radius 3 is 2.27 bits per heavy atom. The van der Waals surface area contributed by atoms with Crippen molar-refractivity contribution in [3.05, 3.63) is 34.3 Å². The molecule has 11 heavy (non-hydrogen) atoms. The van der Waals surface area contributed by atoms with Gasteiger partial charge < -0.3 is 0 Å². The van der Waals surface area contributed by atoms with Crippen LogP contribution in [0.1, 0.15) is 17.9 Å². The Kier molecular flexibility index (Phi) is 1.72. The first-order chi connectivity index (χ1) is 5.27. The molecule has 58 valence electrons. The molecule has 1 aliphatic rings. The average molecular weight is 215 g/mol. The molecule has 0 saturated heterocycles. The summed E-state index contributed by atoms with van der Waals surface area (Å²) in [5.41, 5.74) is 1.13. The van der Waals surface area contributed by atoms with Gasteiger partial charge in [-0.2, -0.15) is 0 Å². The summed E-state index contributed by atoms with van der Waals surface area (Å²) in [7, 11) is 0. The van der Waals surface area contributed by atoms with Crippen LogP contribution >= 0.6 is 15.9 Å². The predicted molar refractivity (Wildman–Crippen MR) is 46.4 cm³/mol. The minimum Gasteiger partial charge on any atom is -0.247 e. The van der Waals surface area contributed by atoms with Gasteiger partial charge >= 0.3 is 0 Å². The fourth-order valence-corrected chi connectivity index (χ4v) is 1.48. The van der Waals surface area contributed by atoms with Gasteiger partial charge in [0.15, 0.2) is 0 Å². The second-order valence-corrected chi connectivity index (χ2v) is 3.83. The van der Waals surface area contributed by atoms with Crippen LogP contribution < -0.4 is 0 Å². The molecule has 2 atom stereocenters. The topological polar surface area (TPSA) is 0 Å². The third-order valence-corrected chi connectivity index (χ3v) is 2.54. The lowest BCUT2D eigenvalue weighted by Gasteiger charge is -1.95. The van der Waals surface area contributed by atoms with E-state index in [0.717, 1.165) is 10.0 Å². The van der Waals surface area contributed by atoms with Crippen LogP contribution in [-0.4, -0.2) is 6.17 Å². The lowest BCUT2D eigenvalue weighted by Crippen LogP contribution is -1.80. The van der Waals surface area contributed by atoms with E-state index in [1.807, 2.05) is 24.3 Å². The van der Waals surface area contributed by atoms with Crippen molar-refractivity contribution in [3.63, 3.8) is 0 Å². The molecule has 0 amide bonds. The highest BCUT2D eigenvalue weighted by atomic mass is 79.9. The lowest BCUT2D eigenvalue weighted by molar-refractivity contribution is 0.468. The minimum absolute atomic E-state index is 0.183. The monoisotopic (exact) mass is 214 g/mol. The van der Waals surface area contributed by atoms with Crippen LogP contribution in [0.4, 0.5) is 4.39 Å². The molecule has 1 aromatic carbocycles. The number of benzene rings is 1. The van der Waals surface area contributed by atoms with Gasteiger partial charge in [-0.25, -0.2) is 4.39 Å². The van der Waals surface area contributed by atoms with E-state index in [2.05, 4.69) is 15.9 Å². The van der Waals surface area contributed by atoms with Crippen LogP contribution in [-0.2, 0) is 0 Å². The Bertz CT molecular complexity index is 255. The molecule has 1 aromatic rings. The van der Waals surface area contributed by atoms with Crippen LogP contribution in [0.5, 0.6) is 0 Å². The van der Waals surface area contributed by atoms with Crippen molar-refractivity contribution in [2.24, 2.45) is 0 Å². The van der Waals surface area contributed by atoms with Crippen molar-refractivity contribution in [2.45, 2.75) is 18.5 Å². The average Bonchev–Trinajstić information content (AvgIpc) is 2.69. The molecule has 0 aliphatic heterocycles. The summed E-state index contributed by atoms with van der Waals surface area (Å²) >= 11 is 3.34. The third kappa shape index (κ3) is 1.45. The number of hydrogen-bond donors (Lipinski definition) is 0. The quantitative estimate of drug-likeness (QED) is 0.674. The number of halogens is 2. The van der Waals surface area contributed by atoms with E-state index in [0.29, 0.717) is 6.42 Å². The zero-order valence-corrected chi connectivity index (χ0v) is 7.51. The van der Waals surface area contributed by atoms with Gasteiger partial charge in [0.05, 0.1) is 0 Å². The van der Waals surface area contributed by atoms with Crippen molar-refractivity contribution < 1.29 is 4.39 Å². The van der Waals surface area contributed by atoms with E-state index in [1.54, 1.807) is 0 Å². The molecule has 2 rings (SSSR count). The highest BCUT2D eigenvalue weighted by molar-refractivity contribution is 9.10. The summed E-state index contributed by atoms with van der Waals surface area (Å²) in [5.74, 6) is 0.183. The smallest absolute Gasteiger partial charge is 0.108 e. The van der Waals surface area contributed by atoms with Gasteiger partial charge in [0.2, 0.25) is 0 Å². The van der Waals surface area contributed by atoms with Crippen molar-refractivity contribution in [2.75, 3.05) is 0 Å². The Hall–Kier alpha value is -0.370. The number of alkyl halides is 1. The fraction of sp³-hybridized carbons (Fsp3) is 0.333. The Balaban J connectivity index is 2.21. The summed E-state index contributed by atoms with van der Waals surface area (Å²) in [5, 5.41) is 0. The van der Waals surface area contributed by atoms with E-state index >= 15 is 0 Å². The van der Waals surface area contributed by atoms with Gasteiger partial charge in [-0.05, 0) is 24.1 Å². The molecule has 1 aliphatic carbocycles. The first-order valence-electron chi connectivity index (χ1n) is 3.67. The molecule has 0 bridgehead atoms. The van der Waals surface area contributed by atoms with Gasteiger partial charge in [-0.15, -0.1) is 0 Å². The van der Waals surface area contributed by atoms with Gasteiger partial charge in [-0.3, -0.25) is 0 Å². The van der Waals surface area contributed by atoms with Crippen molar-refractivity contribution in [1.82, 2.24) is 0 Å². The van der Waals surface area contributed by atoms with Crippen molar-refractivity contribution in [1.29, 1.82) is 0 Å². The van der Waals surface area contributed by atoms with Gasteiger partial charge in [0.25, 0.3) is 0 Å². The van der Waals surface area contributed by atoms with Gasteiger partial charge in [0, 0.05) is 10.4 Å². The second kappa shape index (κ2) is 2.59.